The molecule has 1 aromatic heterocycles. The number of methoxy groups -OCH3 is 1. The first-order valence-electron chi connectivity index (χ1n) is 5.91. The first kappa shape index (κ1) is 13.9. The average molecular weight is 278 g/mol. The maximum atomic E-state index is 12.9. The van der Waals surface area contributed by atoms with Crippen LogP contribution in [0.5, 0.6) is 6.01 Å². The number of benzene rings is 1. The number of nitrogen functional groups attached to an aromatic ring is 1. The normalized spacial score (nSPS) is 11.8. The molecule has 0 radical (unpaired) electrons. The van der Waals surface area contributed by atoms with Gasteiger partial charge in [-0.05, 0) is 24.6 Å². The Morgan fingerprint density at radius 1 is 1.15 bits per heavy atom. The van der Waals surface area contributed by atoms with Crippen molar-refractivity contribution < 1.29 is 9.13 Å². The Bertz CT molecular complexity index is 554. The zero-order chi connectivity index (χ0) is 14.5. The molecule has 2 rings (SSSR count). The van der Waals surface area contributed by atoms with Gasteiger partial charge >= 0.3 is 6.01 Å². The molecule has 0 bridgehead atoms. The van der Waals surface area contributed by atoms with Crippen LogP contribution in [0, 0.1) is 5.82 Å². The molecule has 1 heterocycles. The molecule has 2 aromatic rings. The maximum absolute atomic E-state index is 12.9. The Labute approximate surface area is 115 Å². The number of hydrogen-bond acceptors (Lipinski definition) is 7. The second-order valence-corrected chi connectivity index (χ2v) is 4.03. The van der Waals surface area contributed by atoms with Crippen LogP contribution in [0.15, 0.2) is 24.3 Å². The predicted octanol–water partition coefficient (Wildman–Crippen LogP) is 1.48. The van der Waals surface area contributed by atoms with Crippen LogP contribution < -0.4 is 21.3 Å². The highest BCUT2D eigenvalue weighted by atomic mass is 19.1. The minimum atomic E-state index is -0.280. The zero-order valence-electron chi connectivity index (χ0n) is 11.1. The van der Waals surface area contributed by atoms with Crippen molar-refractivity contribution in [3.63, 3.8) is 0 Å². The van der Waals surface area contributed by atoms with E-state index in [-0.39, 0.29) is 23.8 Å². The van der Waals surface area contributed by atoms with Crippen molar-refractivity contribution in [3.8, 4) is 6.01 Å². The second kappa shape index (κ2) is 6.11. The number of hydrazine groups is 1. The van der Waals surface area contributed by atoms with Gasteiger partial charge in [0, 0.05) is 0 Å². The quantitative estimate of drug-likeness (QED) is 0.563. The number of rotatable bonds is 5. The van der Waals surface area contributed by atoms with E-state index in [1.54, 1.807) is 12.1 Å². The molecular formula is C12H15FN6O. The highest BCUT2D eigenvalue weighted by Gasteiger charge is 2.10. The Morgan fingerprint density at radius 2 is 1.80 bits per heavy atom. The fourth-order valence-corrected chi connectivity index (χ4v) is 1.61. The largest absolute Gasteiger partial charge is 0.467 e. The van der Waals surface area contributed by atoms with Gasteiger partial charge in [-0.15, -0.1) is 0 Å². The fraction of sp³-hybridized carbons (Fsp3) is 0.250. The predicted molar refractivity (Wildman–Crippen MR) is 72.6 cm³/mol. The van der Waals surface area contributed by atoms with E-state index in [9.17, 15) is 4.39 Å². The van der Waals surface area contributed by atoms with Crippen molar-refractivity contribution >= 4 is 11.9 Å². The smallest absolute Gasteiger partial charge is 0.322 e. The number of ether oxygens (including phenoxy) is 1. The molecule has 7 nitrogen and oxygen atoms in total. The van der Waals surface area contributed by atoms with Crippen molar-refractivity contribution in [1.29, 1.82) is 0 Å². The van der Waals surface area contributed by atoms with E-state index in [1.807, 2.05) is 6.92 Å². The van der Waals surface area contributed by atoms with Gasteiger partial charge in [-0.1, -0.05) is 12.1 Å². The standard InChI is InChI=1S/C12H15FN6O/c1-7(8-3-5-9(13)6-4-8)15-10-16-11(19-14)18-12(17-10)20-2/h3-7H,14H2,1-2H3,(H2,15,16,17,18,19). The van der Waals surface area contributed by atoms with E-state index in [2.05, 4.69) is 25.7 Å². The molecule has 8 heteroatoms. The number of halogens is 1. The number of anilines is 2. The number of hydrogen-bond donors (Lipinski definition) is 3. The number of nitrogens with zero attached hydrogens (tertiary/aromatic N) is 3. The van der Waals surface area contributed by atoms with Crippen molar-refractivity contribution in [1.82, 2.24) is 15.0 Å². The third kappa shape index (κ3) is 3.29. The average Bonchev–Trinajstić information content (AvgIpc) is 2.47. The van der Waals surface area contributed by atoms with Gasteiger partial charge < -0.3 is 10.1 Å². The summed E-state index contributed by atoms with van der Waals surface area (Å²) in [5.74, 6) is 5.49. The lowest BCUT2D eigenvalue weighted by molar-refractivity contribution is 0.379. The molecule has 0 aliphatic heterocycles. The van der Waals surface area contributed by atoms with Gasteiger partial charge in [0.25, 0.3) is 0 Å². The van der Waals surface area contributed by atoms with Crippen LogP contribution in [-0.2, 0) is 0 Å². The molecule has 0 saturated carbocycles. The Balaban J connectivity index is 2.18. The molecule has 0 amide bonds. The van der Waals surface area contributed by atoms with E-state index in [0.717, 1.165) is 5.56 Å². The maximum Gasteiger partial charge on any atom is 0.322 e. The topological polar surface area (TPSA) is 98.0 Å². The van der Waals surface area contributed by atoms with Crippen LogP contribution in [0.1, 0.15) is 18.5 Å². The van der Waals surface area contributed by atoms with Crippen molar-refractivity contribution in [2.45, 2.75) is 13.0 Å². The van der Waals surface area contributed by atoms with Crippen LogP contribution in [0.4, 0.5) is 16.3 Å². The first-order valence-corrected chi connectivity index (χ1v) is 5.91. The summed E-state index contributed by atoms with van der Waals surface area (Å²) in [5, 5.41) is 3.07. The van der Waals surface area contributed by atoms with Crippen LogP contribution in [0.2, 0.25) is 0 Å². The van der Waals surface area contributed by atoms with E-state index in [0.29, 0.717) is 5.95 Å². The Kier molecular flexibility index (Phi) is 4.26. The molecule has 0 spiro atoms. The van der Waals surface area contributed by atoms with E-state index < -0.39 is 0 Å². The third-order valence-corrected chi connectivity index (χ3v) is 2.64. The summed E-state index contributed by atoms with van der Waals surface area (Å²) in [6, 6.07) is 6.19. The lowest BCUT2D eigenvalue weighted by Gasteiger charge is -2.14. The molecule has 1 unspecified atom stereocenters. The van der Waals surface area contributed by atoms with Crippen molar-refractivity contribution in [2.75, 3.05) is 17.9 Å². The first-order chi connectivity index (χ1) is 9.62. The molecule has 4 N–H and O–H groups in total. The van der Waals surface area contributed by atoms with Crippen molar-refractivity contribution in [3.05, 3.63) is 35.6 Å². The zero-order valence-corrected chi connectivity index (χ0v) is 11.1. The Morgan fingerprint density at radius 3 is 2.40 bits per heavy atom. The highest BCUT2D eigenvalue weighted by Crippen LogP contribution is 2.18. The van der Waals surface area contributed by atoms with Crippen LogP contribution in [-0.4, -0.2) is 22.1 Å². The molecule has 106 valence electrons. The summed E-state index contributed by atoms with van der Waals surface area (Å²) in [6.45, 7) is 1.90. The van der Waals surface area contributed by atoms with Gasteiger partial charge in [-0.3, -0.25) is 5.43 Å². The van der Waals surface area contributed by atoms with Gasteiger partial charge in [0.2, 0.25) is 11.9 Å². The van der Waals surface area contributed by atoms with E-state index in [1.165, 1.54) is 19.2 Å². The van der Waals surface area contributed by atoms with Crippen LogP contribution in [0.3, 0.4) is 0 Å². The lowest BCUT2D eigenvalue weighted by Crippen LogP contribution is -2.15. The minimum Gasteiger partial charge on any atom is -0.467 e. The van der Waals surface area contributed by atoms with Gasteiger partial charge in [0.15, 0.2) is 0 Å². The lowest BCUT2D eigenvalue weighted by atomic mass is 10.1. The molecule has 0 aliphatic carbocycles. The van der Waals surface area contributed by atoms with Crippen LogP contribution >= 0.6 is 0 Å². The van der Waals surface area contributed by atoms with Gasteiger partial charge in [-0.25, -0.2) is 10.2 Å². The van der Waals surface area contributed by atoms with Gasteiger partial charge in [-0.2, -0.15) is 15.0 Å². The molecule has 0 fully saturated rings. The highest BCUT2D eigenvalue weighted by molar-refractivity contribution is 5.37. The minimum absolute atomic E-state index is 0.117. The number of nitrogens with two attached hydrogens (primary N) is 1. The summed E-state index contributed by atoms with van der Waals surface area (Å²) in [4.78, 5) is 12.0. The monoisotopic (exact) mass is 278 g/mol. The third-order valence-electron chi connectivity index (χ3n) is 2.64. The van der Waals surface area contributed by atoms with Gasteiger partial charge in [0.1, 0.15) is 5.82 Å². The molecule has 1 aromatic carbocycles. The van der Waals surface area contributed by atoms with Crippen LogP contribution in [0.25, 0.3) is 0 Å². The fourth-order valence-electron chi connectivity index (χ4n) is 1.61. The van der Waals surface area contributed by atoms with Crippen molar-refractivity contribution in [2.24, 2.45) is 5.84 Å². The van der Waals surface area contributed by atoms with E-state index in [4.69, 9.17) is 10.6 Å². The second-order valence-electron chi connectivity index (χ2n) is 4.03. The summed E-state index contributed by atoms with van der Waals surface area (Å²) in [7, 11) is 1.45. The molecule has 20 heavy (non-hydrogen) atoms. The number of aromatic nitrogens is 3. The summed E-state index contributed by atoms with van der Waals surface area (Å²) < 4.78 is 17.8. The summed E-state index contributed by atoms with van der Waals surface area (Å²) in [6.07, 6.45) is 0. The van der Waals surface area contributed by atoms with Gasteiger partial charge in [0.05, 0.1) is 13.2 Å². The summed E-state index contributed by atoms with van der Waals surface area (Å²) in [5.41, 5.74) is 3.23. The Hall–Kier alpha value is -2.48. The molecule has 0 aliphatic rings. The van der Waals surface area contributed by atoms with E-state index >= 15 is 0 Å². The molecular weight excluding hydrogens is 263 g/mol. The SMILES string of the molecule is COc1nc(NN)nc(NC(C)c2ccc(F)cc2)n1. The summed E-state index contributed by atoms with van der Waals surface area (Å²) >= 11 is 0. The molecule has 1 atom stereocenters. The number of nitrogens with one attached hydrogen (secondary N) is 2. The molecule has 0 saturated heterocycles.